The Morgan fingerprint density at radius 1 is 0.944 bits per heavy atom. The van der Waals surface area contributed by atoms with Gasteiger partial charge in [0.2, 0.25) is 5.88 Å². The number of carbonyl (C=O) groups excluding carboxylic acids is 1. The fourth-order valence-electron chi connectivity index (χ4n) is 4.02. The Balaban J connectivity index is 1.16. The molecule has 0 bridgehead atoms. The summed E-state index contributed by atoms with van der Waals surface area (Å²) in [6.07, 6.45) is 5.48. The van der Waals surface area contributed by atoms with Crippen LogP contribution in [0.3, 0.4) is 0 Å². The number of pyridine rings is 1. The number of carbonyl (C=O) groups is 1. The third-order valence-corrected chi connectivity index (χ3v) is 5.75. The Labute approximate surface area is 205 Å². The summed E-state index contributed by atoms with van der Waals surface area (Å²) in [5, 5.41) is 10.5. The summed E-state index contributed by atoms with van der Waals surface area (Å²) in [6.45, 7) is 1.95. The fraction of sp³-hybridized carbons (Fsp3) is 0.0370. The maximum absolute atomic E-state index is 12.4. The van der Waals surface area contributed by atoms with Crippen molar-refractivity contribution < 1.29 is 9.32 Å². The largest absolute Gasteiger partial charge is 0.354 e. The normalized spacial score (nSPS) is 11.0. The van der Waals surface area contributed by atoms with Crippen molar-refractivity contribution in [3.05, 3.63) is 97.2 Å². The zero-order chi connectivity index (χ0) is 24.5. The molecule has 0 unspecified atom stereocenters. The van der Waals surface area contributed by atoms with Gasteiger partial charge >= 0.3 is 6.03 Å². The van der Waals surface area contributed by atoms with Crippen LogP contribution in [0.2, 0.25) is 0 Å². The number of benzene rings is 2. The van der Waals surface area contributed by atoms with E-state index < -0.39 is 6.03 Å². The number of aromatic nitrogens is 5. The highest BCUT2D eigenvalue weighted by Crippen LogP contribution is 2.28. The highest BCUT2D eigenvalue weighted by molar-refractivity contribution is 5.99. The Morgan fingerprint density at radius 2 is 1.78 bits per heavy atom. The van der Waals surface area contributed by atoms with E-state index in [0.29, 0.717) is 11.4 Å². The van der Waals surface area contributed by atoms with Gasteiger partial charge in [-0.2, -0.15) is 0 Å². The predicted octanol–water partition coefficient (Wildman–Crippen LogP) is 6.02. The SMILES string of the molecule is Cc1cn(-c2nccc3[nH]c(-c4ccc(NC(=O)Nc5cc(-c6ccccc6)no5)cc4)cc23)cn1. The lowest BCUT2D eigenvalue weighted by Gasteiger charge is -2.06. The number of urea groups is 1. The van der Waals surface area contributed by atoms with Crippen LogP contribution in [0.4, 0.5) is 16.4 Å². The lowest BCUT2D eigenvalue weighted by Crippen LogP contribution is -2.18. The van der Waals surface area contributed by atoms with E-state index in [2.05, 4.69) is 36.8 Å². The molecule has 2 aromatic carbocycles. The quantitative estimate of drug-likeness (QED) is 0.282. The van der Waals surface area contributed by atoms with E-state index in [1.807, 2.05) is 78.4 Å². The van der Waals surface area contributed by atoms with Gasteiger partial charge in [-0.1, -0.05) is 47.6 Å². The number of aryl methyl sites for hydroxylation is 1. The van der Waals surface area contributed by atoms with Crippen LogP contribution in [0, 0.1) is 6.92 Å². The first-order chi connectivity index (χ1) is 17.6. The van der Waals surface area contributed by atoms with Crippen molar-refractivity contribution in [1.82, 2.24) is 24.7 Å². The number of rotatable bonds is 5. The van der Waals surface area contributed by atoms with Gasteiger partial charge in [0.15, 0.2) is 0 Å². The molecule has 0 aliphatic heterocycles. The van der Waals surface area contributed by atoms with E-state index in [1.54, 1.807) is 18.6 Å². The lowest BCUT2D eigenvalue weighted by molar-refractivity contribution is 0.261. The molecule has 6 aromatic rings. The van der Waals surface area contributed by atoms with Crippen molar-refractivity contribution in [2.45, 2.75) is 6.92 Å². The smallest absolute Gasteiger partial charge is 0.326 e. The van der Waals surface area contributed by atoms with Crippen LogP contribution in [-0.2, 0) is 0 Å². The molecular weight excluding hydrogens is 454 g/mol. The van der Waals surface area contributed by atoms with Gasteiger partial charge in [0, 0.05) is 40.8 Å². The number of H-pyrrole nitrogens is 1. The molecule has 9 heteroatoms. The van der Waals surface area contributed by atoms with Crippen LogP contribution >= 0.6 is 0 Å². The molecular formula is C27H21N7O2. The molecule has 176 valence electrons. The molecule has 0 atom stereocenters. The van der Waals surface area contributed by atoms with Gasteiger partial charge in [-0.15, -0.1) is 0 Å². The van der Waals surface area contributed by atoms with Gasteiger partial charge in [0.05, 0.1) is 11.2 Å². The zero-order valence-corrected chi connectivity index (χ0v) is 19.3. The van der Waals surface area contributed by atoms with E-state index in [-0.39, 0.29) is 5.88 Å². The maximum atomic E-state index is 12.4. The molecule has 4 aromatic heterocycles. The molecule has 9 nitrogen and oxygen atoms in total. The van der Waals surface area contributed by atoms with Crippen LogP contribution in [0.15, 0.2) is 96.0 Å². The molecule has 2 amide bonds. The second kappa shape index (κ2) is 8.88. The van der Waals surface area contributed by atoms with Gasteiger partial charge in [-0.3, -0.25) is 9.88 Å². The molecule has 0 aliphatic rings. The standard InChI is InChI=1S/C27H21N7O2/c1-17-15-34(16-29-17)26-21-13-23(31-22(21)11-12-28-26)19-7-9-20(10-8-19)30-27(35)32-25-14-24(33-36-25)18-5-3-2-4-6-18/h2-16,31H,1H3,(H2,30,32,35). The highest BCUT2D eigenvalue weighted by Gasteiger charge is 2.12. The number of imidazole rings is 1. The monoisotopic (exact) mass is 475 g/mol. The van der Waals surface area contributed by atoms with Gasteiger partial charge in [0.1, 0.15) is 17.8 Å². The summed E-state index contributed by atoms with van der Waals surface area (Å²) in [4.78, 5) is 24.7. The summed E-state index contributed by atoms with van der Waals surface area (Å²) < 4.78 is 7.15. The molecule has 3 N–H and O–H groups in total. The number of nitrogens with one attached hydrogen (secondary N) is 3. The summed E-state index contributed by atoms with van der Waals surface area (Å²) in [5.41, 5.74) is 6.03. The molecule has 0 spiro atoms. The average Bonchev–Trinajstić information content (AvgIpc) is 3.64. The van der Waals surface area contributed by atoms with Crippen molar-refractivity contribution in [3.63, 3.8) is 0 Å². The Bertz CT molecular complexity index is 1660. The Hall–Kier alpha value is -5.18. The maximum Gasteiger partial charge on any atom is 0.326 e. The van der Waals surface area contributed by atoms with Crippen molar-refractivity contribution >= 4 is 28.5 Å². The highest BCUT2D eigenvalue weighted by atomic mass is 16.5. The Kier molecular flexibility index (Phi) is 5.27. The van der Waals surface area contributed by atoms with Crippen LogP contribution in [-0.4, -0.2) is 30.7 Å². The first-order valence-corrected chi connectivity index (χ1v) is 11.3. The first kappa shape index (κ1) is 21.4. The van der Waals surface area contributed by atoms with Gasteiger partial charge in [-0.25, -0.2) is 14.8 Å². The zero-order valence-electron chi connectivity index (χ0n) is 19.3. The second-order valence-electron chi connectivity index (χ2n) is 8.30. The van der Waals surface area contributed by atoms with E-state index in [0.717, 1.165) is 39.2 Å². The minimum Gasteiger partial charge on any atom is -0.354 e. The topological polar surface area (TPSA) is 114 Å². The molecule has 6 rings (SSSR count). The summed E-state index contributed by atoms with van der Waals surface area (Å²) in [7, 11) is 0. The number of amides is 2. The summed E-state index contributed by atoms with van der Waals surface area (Å²) in [6, 6.07) is 22.4. The molecule has 0 radical (unpaired) electrons. The number of nitrogens with zero attached hydrogens (tertiary/aromatic N) is 4. The number of hydrogen-bond donors (Lipinski definition) is 3. The lowest BCUT2D eigenvalue weighted by atomic mass is 10.1. The third kappa shape index (κ3) is 4.21. The van der Waals surface area contributed by atoms with Crippen LogP contribution in [0.25, 0.3) is 39.2 Å². The predicted molar refractivity (Wildman–Crippen MR) is 138 cm³/mol. The summed E-state index contributed by atoms with van der Waals surface area (Å²) >= 11 is 0. The van der Waals surface area contributed by atoms with Crippen molar-refractivity contribution in [1.29, 1.82) is 0 Å². The minimum atomic E-state index is -0.421. The van der Waals surface area contributed by atoms with Gasteiger partial charge in [-0.05, 0) is 36.8 Å². The van der Waals surface area contributed by atoms with Crippen molar-refractivity contribution in [3.8, 4) is 28.3 Å². The number of anilines is 2. The molecule has 0 saturated carbocycles. The van der Waals surface area contributed by atoms with Gasteiger partial charge < -0.3 is 14.8 Å². The van der Waals surface area contributed by atoms with E-state index >= 15 is 0 Å². The average molecular weight is 476 g/mol. The van der Waals surface area contributed by atoms with E-state index in [1.165, 1.54) is 0 Å². The van der Waals surface area contributed by atoms with Crippen molar-refractivity contribution in [2.75, 3.05) is 10.6 Å². The number of aromatic amines is 1. The van der Waals surface area contributed by atoms with Gasteiger partial charge in [0.25, 0.3) is 0 Å². The first-order valence-electron chi connectivity index (χ1n) is 11.3. The second-order valence-corrected chi connectivity index (χ2v) is 8.30. The molecule has 36 heavy (non-hydrogen) atoms. The third-order valence-electron chi connectivity index (χ3n) is 5.75. The molecule has 0 saturated heterocycles. The van der Waals surface area contributed by atoms with E-state index in [9.17, 15) is 4.79 Å². The minimum absolute atomic E-state index is 0.263. The van der Waals surface area contributed by atoms with Crippen LogP contribution < -0.4 is 10.6 Å². The number of hydrogen-bond acceptors (Lipinski definition) is 5. The van der Waals surface area contributed by atoms with E-state index in [4.69, 9.17) is 4.52 Å². The molecule has 0 aliphatic carbocycles. The fourth-order valence-corrected chi connectivity index (χ4v) is 4.02. The summed E-state index contributed by atoms with van der Waals surface area (Å²) in [5.74, 6) is 1.08. The Morgan fingerprint density at radius 3 is 2.56 bits per heavy atom. The molecule has 4 heterocycles. The van der Waals surface area contributed by atoms with Crippen molar-refractivity contribution in [2.24, 2.45) is 0 Å². The van der Waals surface area contributed by atoms with Crippen LogP contribution in [0.5, 0.6) is 0 Å². The molecule has 0 fully saturated rings. The number of fused-ring (bicyclic) bond motifs is 1. The van der Waals surface area contributed by atoms with Crippen LogP contribution in [0.1, 0.15) is 5.69 Å².